The zero-order valence-corrected chi connectivity index (χ0v) is 11.7. The van der Waals surface area contributed by atoms with E-state index in [1.54, 1.807) is 11.8 Å². The van der Waals surface area contributed by atoms with Crippen molar-refractivity contribution in [3.63, 3.8) is 0 Å². The lowest BCUT2D eigenvalue weighted by molar-refractivity contribution is -0.140. The molecule has 20 heavy (non-hydrogen) atoms. The number of halogens is 4. The maximum atomic E-state index is 13.7. The topological polar surface area (TPSA) is 38.0 Å². The third kappa shape index (κ3) is 2.94. The molecule has 2 nitrogen and oxygen atoms in total. The lowest BCUT2D eigenvalue weighted by Gasteiger charge is -2.33. The molecule has 0 bridgehead atoms. The summed E-state index contributed by atoms with van der Waals surface area (Å²) < 4.78 is 51.1. The average Bonchev–Trinajstić information content (AvgIpc) is 2.76. The van der Waals surface area contributed by atoms with Crippen molar-refractivity contribution in [3.05, 3.63) is 35.1 Å². The van der Waals surface area contributed by atoms with Crippen LogP contribution in [0.2, 0.25) is 0 Å². The highest BCUT2D eigenvalue weighted by atomic mass is 32.2. The van der Waals surface area contributed by atoms with Gasteiger partial charge in [0.05, 0.1) is 11.6 Å². The number of hydrogen-bond acceptors (Lipinski definition) is 3. The summed E-state index contributed by atoms with van der Waals surface area (Å²) in [7, 11) is 0. The molecule has 2 rings (SSSR count). The van der Waals surface area contributed by atoms with E-state index in [1.165, 1.54) is 6.07 Å². The van der Waals surface area contributed by atoms with Gasteiger partial charge in [-0.2, -0.15) is 24.9 Å². The minimum absolute atomic E-state index is 0.235. The summed E-state index contributed by atoms with van der Waals surface area (Å²) in [5.74, 6) is 5.24. The van der Waals surface area contributed by atoms with E-state index in [2.05, 4.69) is 5.43 Å². The summed E-state index contributed by atoms with van der Waals surface area (Å²) in [6, 6.07) is 2.61. The third-order valence-electron chi connectivity index (χ3n) is 3.66. The van der Waals surface area contributed by atoms with Gasteiger partial charge in [-0.25, -0.2) is 4.39 Å². The zero-order valence-electron chi connectivity index (χ0n) is 10.9. The first kappa shape index (κ1) is 15.6. The molecule has 3 N–H and O–H groups in total. The molecule has 1 fully saturated rings. The lowest BCUT2D eigenvalue weighted by atomic mass is 9.90. The molecule has 1 aromatic carbocycles. The molecule has 0 aliphatic carbocycles. The molecular formula is C13H16F4N2S. The minimum Gasteiger partial charge on any atom is -0.271 e. The maximum Gasteiger partial charge on any atom is 0.419 e. The SMILES string of the molecule is CC1(C(NN)c2ccc(C(F)(F)F)c(F)c2)CCCS1. The standard InChI is InChI=1S/C13H16F4N2S/c1-12(5-2-6-20-12)11(19-18)8-3-4-9(10(14)7-8)13(15,16)17/h3-4,7,11,19H,2,5-6,18H2,1H3. The molecule has 112 valence electrons. The Morgan fingerprint density at radius 2 is 2.10 bits per heavy atom. The van der Waals surface area contributed by atoms with Crippen LogP contribution in [0.25, 0.3) is 0 Å². The quantitative estimate of drug-likeness (QED) is 0.509. The smallest absolute Gasteiger partial charge is 0.271 e. The van der Waals surface area contributed by atoms with E-state index in [4.69, 9.17) is 5.84 Å². The molecule has 0 saturated carbocycles. The van der Waals surface area contributed by atoms with E-state index >= 15 is 0 Å². The van der Waals surface area contributed by atoms with Crippen LogP contribution < -0.4 is 11.3 Å². The van der Waals surface area contributed by atoms with Gasteiger partial charge in [0.2, 0.25) is 0 Å². The molecule has 1 aromatic rings. The van der Waals surface area contributed by atoms with Crippen LogP contribution >= 0.6 is 11.8 Å². The molecule has 0 aromatic heterocycles. The lowest BCUT2D eigenvalue weighted by Crippen LogP contribution is -2.41. The van der Waals surface area contributed by atoms with E-state index in [0.29, 0.717) is 5.56 Å². The Hall–Kier alpha value is -0.790. The summed E-state index contributed by atoms with van der Waals surface area (Å²) in [5.41, 5.74) is 1.81. The van der Waals surface area contributed by atoms with Gasteiger partial charge in [0.25, 0.3) is 0 Å². The van der Waals surface area contributed by atoms with Crippen molar-refractivity contribution >= 4 is 11.8 Å². The summed E-state index contributed by atoms with van der Waals surface area (Å²) in [5, 5.41) is 0. The van der Waals surface area contributed by atoms with Crippen molar-refractivity contribution < 1.29 is 17.6 Å². The van der Waals surface area contributed by atoms with E-state index in [-0.39, 0.29) is 10.8 Å². The van der Waals surface area contributed by atoms with Crippen molar-refractivity contribution in [1.29, 1.82) is 0 Å². The predicted octanol–water partition coefficient (Wildman–Crippen LogP) is 3.63. The second kappa shape index (κ2) is 5.54. The molecule has 0 amide bonds. The Labute approximate surface area is 119 Å². The molecule has 1 aliphatic rings. The van der Waals surface area contributed by atoms with Gasteiger partial charge in [0.15, 0.2) is 0 Å². The van der Waals surface area contributed by atoms with Gasteiger partial charge in [-0.15, -0.1) is 0 Å². The summed E-state index contributed by atoms with van der Waals surface area (Å²) in [6.45, 7) is 1.99. The molecular weight excluding hydrogens is 292 g/mol. The fourth-order valence-electron chi connectivity index (χ4n) is 2.59. The van der Waals surface area contributed by atoms with Gasteiger partial charge in [0, 0.05) is 4.75 Å². The van der Waals surface area contributed by atoms with Gasteiger partial charge in [0.1, 0.15) is 5.82 Å². The van der Waals surface area contributed by atoms with Crippen LogP contribution in [-0.4, -0.2) is 10.5 Å². The van der Waals surface area contributed by atoms with Gasteiger partial charge < -0.3 is 0 Å². The van der Waals surface area contributed by atoms with E-state index in [0.717, 1.165) is 30.7 Å². The largest absolute Gasteiger partial charge is 0.419 e. The van der Waals surface area contributed by atoms with Crippen molar-refractivity contribution in [2.24, 2.45) is 5.84 Å². The molecule has 2 unspecified atom stereocenters. The van der Waals surface area contributed by atoms with Gasteiger partial charge in [-0.3, -0.25) is 11.3 Å². The Kier molecular flexibility index (Phi) is 4.32. The summed E-state index contributed by atoms with van der Waals surface area (Å²) >= 11 is 1.70. The normalized spacial score (nSPS) is 24.9. The van der Waals surface area contributed by atoms with Crippen molar-refractivity contribution in [3.8, 4) is 0 Å². The monoisotopic (exact) mass is 308 g/mol. The number of nitrogens with two attached hydrogens (primary N) is 1. The Balaban J connectivity index is 2.34. The van der Waals surface area contributed by atoms with Crippen molar-refractivity contribution in [2.75, 3.05) is 5.75 Å². The fraction of sp³-hybridized carbons (Fsp3) is 0.538. The molecule has 0 spiro atoms. The second-order valence-corrected chi connectivity index (χ2v) is 6.73. The molecule has 2 atom stereocenters. The summed E-state index contributed by atoms with van der Waals surface area (Å²) in [6.07, 6.45) is -2.78. The molecule has 0 radical (unpaired) electrons. The van der Waals surface area contributed by atoms with Crippen LogP contribution in [0.3, 0.4) is 0 Å². The highest BCUT2D eigenvalue weighted by Crippen LogP contribution is 2.46. The summed E-state index contributed by atoms with van der Waals surface area (Å²) in [4.78, 5) is 0. The number of alkyl halides is 3. The highest BCUT2D eigenvalue weighted by Gasteiger charge is 2.40. The van der Waals surface area contributed by atoms with E-state index in [9.17, 15) is 17.6 Å². The van der Waals surface area contributed by atoms with Crippen LogP contribution in [0, 0.1) is 5.82 Å². The van der Waals surface area contributed by atoms with Crippen LogP contribution in [0.1, 0.15) is 36.9 Å². The Bertz CT molecular complexity index is 484. The van der Waals surface area contributed by atoms with Crippen LogP contribution in [-0.2, 0) is 6.18 Å². The van der Waals surface area contributed by atoms with E-state index < -0.39 is 17.6 Å². The number of rotatable bonds is 3. The Morgan fingerprint density at radius 1 is 1.40 bits per heavy atom. The molecule has 1 saturated heterocycles. The number of nitrogens with one attached hydrogen (secondary N) is 1. The molecule has 7 heteroatoms. The van der Waals surface area contributed by atoms with Gasteiger partial charge in [-0.1, -0.05) is 6.07 Å². The maximum absolute atomic E-state index is 13.7. The second-order valence-electron chi connectivity index (χ2n) is 5.10. The number of hydrazine groups is 1. The van der Waals surface area contributed by atoms with Gasteiger partial charge in [-0.05, 0) is 43.2 Å². The molecule has 1 heterocycles. The predicted molar refractivity (Wildman–Crippen MR) is 71.6 cm³/mol. The van der Waals surface area contributed by atoms with Crippen molar-refractivity contribution in [1.82, 2.24) is 5.43 Å². The fourth-order valence-corrected chi connectivity index (χ4v) is 4.01. The molecule has 1 aliphatic heterocycles. The van der Waals surface area contributed by atoms with Crippen LogP contribution in [0.5, 0.6) is 0 Å². The average molecular weight is 308 g/mol. The minimum atomic E-state index is -4.68. The van der Waals surface area contributed by atoms with Crippen LogP contribution in [0.15, 0.2) is 18.2 Å². The first-order chi connectivity index (χ1) is 9.28. The first-order valence-corrected chi connectivity index (χ1v) is 7.23. The number of hydrogen-bond donors (Lipinski definition) is 2. The van der Waals surface area contributed by atoms with Crippen molar-refractivity contribution in [2.45, 2.75) is 36.7 Å². The first-order valence-electron chi connectivity index (χ1n) is 6.25. The van der Waals surface area contributed by atoms with Crippen LogP contribution in [0.4, 0.5) is 17.6 Å². The van der Waals surface area contributed by atoms with Gasteiger partial charge >= 0.3 is 6.18 Å². The highest BCUT2D eigenvalue weighted by molar-refractivity contribution is 8.00. The number of thioether (sulfide) groups is 1. The third-order valence-corrected chi connectivity index (χ3v) is 5.25. The zero-order chi connectivity index (χ0) is 15.0. The Morgan fingerprint density at radius 3 is 2.55 bits per heavy atom. The number of benzene rings is 1. The van der Waals surface area contributed by atoms with E-state index in [1.807, 2.05) is 6.92 Å².